The number of hydrogen-bond acceptors (Lipinski definition) is 2. The Kier molecular flexibility index (Phi) is 5.09. The van der Waals surface area contributed by atoms with Crippen molar-refractivity contribution in [2.75, 3.05) is 13.1 Å². The first kappa shape index (κ1) is 16.8. The summed E-state index contributed by atoms with van der Waals surface area (Å²) >= 11 is 5.99. The Labute approximate surface area is 145 Å². The fourth-order valence-electron chi connectivity index (χ4n) is 3.40. The van der Waals surface area contributed by atoms with Gasteiger partial charge in [0.05, 0.1) is 11.0 Å². The molecule has 1 saturated heterocycles. The highest BCUT2D eigenvalue weighted by atomic mass is 35.5. The number of H-pyrrole nitrogens is 1. The maximum Gasteiger partial charge on any atom is 0.326 e. The molecule has 0 radical (unpaired) electrons. The van der Waals surface area contributed by atoms with Crippen LogP contribution >= 0.6 is 11.6 Å². The number of likely N-dealkylation sites (tertiary alicyclic amines) is 1. The Bertz CT molecular complexity index is 800. The number of nitrogens with one attached hydrogen (secondary N) is 1. The number of fused-ring (bicyclic) bond motifs is 1. The largest absolute Gasteiger partial charge is 0.343 e. The maximum atomic E-state index is 12.3. The number of amides is 1. The Balaban J connectivity index is 1.69. The van der Waals surface area contributed by atoms with Crippen molar-refractivity contribution >= 4 is 28.5 Å². The topological polar surface area (TPSA) is 58.1 Å². The third kappa shape index (κ3) is 3.41. The van der Waals surface area contributed by atoms with E-state index in [1.54, 1.807) is 12.1 Å². The van der Waals surface area contributed by atoms with Crippen LogP contribution in [0.15, 0.2) is 35.6 Å². The van der Waals surface area contributed by atoms with E-state index in [0.29, 0.717) is 24.5 Å². The number of unbranched alkanes of at least 4 members (excludes halogenated alkanes) is 1. The van der Waals surface area contributed by atoms with Gasteiger partial charge in [-0.3, -0.25) is 9.36 Å². The van der Waals surface area contributed by atoms with Gasteiger partial charge >= 0.3 is 5.69 Å². The summed E-state index contributed by atoms with van der Waals surface area (Å²) in [6.45, 7) is 5.08. The predicted molar refractivity (Wildman–Crippen MR) is 96.5 cm³/mol. The van der Waals surface area contributed by atoms with Crippen molar-refractivity contribution in [3.63, 3.8) is 0 Å². The van der Waals surface area contributed by atoms with Crippen molar-refractivity contribution in [1.29, 1.82) is 0 Å². The number of benzene rings is 1. The van der Waals surface area contributed by atoms with Crippen molar-refractivity contribution in [2.24, 2.45) is 0 Å². The summed E-state index contributed by atoms with van der Waals surface area (Å²) in [5, 5.41) is 0.607. The quantitative estimate of drug-likeness (QED) is 0.664. The summed E-state index contributed by atoms with van der Waals surface area (Å²) in [4.78, 5) is 29.3. The average Bonchev–Trinajstić information content (AvgIpc) is 2.90. The van der Waals surface area contributed by atoms with Gasteiger partial charge in [0.2, 0.25) is 5.91 Å². The molecule has 0 bridgehead atoms. The zero-order chi connectivity index (χ0) is 17.1. The number of halogens is 1. The van der Waals surface area contributed by atoms with Gasteiger partial charge in [-0.25, -0.2) is 4.79 Å². The summed E-state index contributed by atoms with van der Waals surface area (Å²) in [5.74, 6) is 0.202. The molecule has 0 saturated carbocycles. The van der Waals surface area contributed by atoms with Crippen molar-refractivity contribution in [1.82, 2.24) is 14.5 Å². The highest BCUT2D eigenvalue weighted by molar-refractivity contribution is 6.31. The highest BCUT2D eigenvalue weighted by Gasteiger charge is 2.25. The van der Waals surface area contributed by atoms with Gasteiger partial charge in [0.25, 0.3) is 0 Å². The molecule has 1 amide bonds. The second-order valence-corrected chi connectivity index (χ2v) is 6.69. The first-order valence-corrected chi connectivity index (χ1v) is 8.76. The van der Waals surface area contributed by atoms with Gasteiger partial charge in [-0.1, -0.05) is 17.7 Å². The van der Waals surface area contributed by atoms with Gasteiger partial charge in [0.1, 0.15) is 0 Å². The number of carbonyl (C=O) groups is 1. The minimum atomic E-state index is -0.108. The lowest BCUT2D eigenvalue weighted by molar-refractivity contribution is -0.132. The number of nitrogens with zero attached hydrogens (tertiary/aromatic N) is 2. The molecule has 1 fully saturated rings. The molecule has 0 spiro atoms. The molecule has 0 unspecified atom stereocenters. The molecule has 0 aliphatic carbocycles. The van der Waals surface area contributed by atoms with E-state index in [2.05, 4.69) is 11.6 Å². The van der Waals surface area contributed by atoms with E-state index in [9.17, 15) is 9.59 Å². The van der Waals surface area contributed by atoms with Crippen molar-refractivity contribution in [3.05, 3.63) is 46.4 Å². The standard InChI is InChI=1S/C18H22ClN3O2/c1-2-3-4-5-17(23)21-10-8-14(9-11-21)22-16-7-6-13(19)12-15(16)20-18(22)24/h2,6-7,12,14H,1,3-5,8-11H2,(H,20,24). The van der Waals surface area contributed by atoms with Crippen LogP contribution in [0.1, 0.15) is 38.1 Å². The van der Waals surface area contributed by atoms with E-state index in [0.717, 1.165) is 36.7 Å². The molecule has 2 aromatic rings. The SMILES string of the molecule is C=CCCCC(=O)N1CCC(n2c(=O)[nH]c3cc(Cl)ccc32)CC1. The molecule has 0 atom stereocenters. The van der Waals surface area contributed by atoms with Crippen LogP contribution in [0, 0.1) is 0 Å². The molecule has 1 aliphatic heterocycles. The molecule has 1 N–H and O–H groups in total. The molecule has 5 nitrogen and oxygen atoms in total. The lowest BCUT2D eigenvalue weighted by Gasteiger charge is -2.32. The van der Waals surface area contributed by atoms with Crippen LogP contribution in [0.5, 0.6) is 0 Å². The molecule has 6 heteroatoms. The van der Waals surface area contributed by atoms with Crippen LogP contribution in [0.2, 0.25) is 5.02 Å². The molecule has 128 valence electrons. The molecule has 2 heterocycles. The number of aromatic amines is 1. The number of hydrogen-bond donors (Lipinski definition) is 1. The van der Waals surface area contributed by atoms with Crippen LogP contribution < -0.4 is 5.69 Å². The summed E-state index contributed by atoms with van der Waals surface area (Å²) in [6.07, 6.45) is 5.73. The summed E-state index contributed by atoms with van der Waals surface area (Å²) in [7, 11) is 0. The monoisotopic (exact) mass is 347 g/mol. The number of rotatable bonds is 5. The maximum absolute atomic E-state index is 12.3. The minimum Gasteiger partial charge on any atom is -0.343 e. The van der Waals surface area contributed by atoms with E-state index >= 15 is 0 Å². The smallest absolute Gasteiger partial charge is 0.326 e. The Morgan fingerprint density at radius 2 is 2.12 bits per heavy atom. The molecule has 1 aromatic carbocycles. The second kappa shape index (κ2) is 7.26. The number of imidazole rings is 1. The number of piperidine rings is 1. The molecule has 3 rings (SSSR count). The summed E-state index contributed by atoms with van der Waals surface area (Å²) in [6, 6.07) is 5.56. The zero-order valence-electron chi connectivity index (χ0n) is 13.6. The predicted octanol–water partition coefficient (Wildman–Crippen LogP) is 3.50. The molecule has 1 aromatic heterocycles. The summed E-state index contributed by atoms with van der Waals surface area (Å²) in [5.41, 5.74) is 1.53. The van der Waals surface area contributed by atoms with Gasteiger partial charge in [0, 0.05) is 30.6 Å². The van der Waals surface area contributed by atoms with E-state index < -0.39 is 0 Å². The lowest BCUT2D eigenvalue weighted by Crippen LogP contribution is -2.40. The van der Waals surface area contributed by atoms with Crippen LogP contribution in [0.25, 0.3) is 11.0 Å². The van der Waals surface area contributed by atoms with Crippen LogP contribution in [0.4, 0.5) is 0 Å². The summed E-state index contributed by atoms with van der Waals surface area (Å²) < 4.78 is 1.81. The van der Waals surface area contributed by atoms with Crippen molar-refractivity contribution in [3.8, 4) is 0 Å². The molecule has 24 heavy (non-hydrogen) atoms. The Hall–Kier alpha value is -2.01. The van der Waals surface area contributed by atoms with Crippen LogP contribution in [-0.4, -0.2) is 33.4 Å². The first-order chi connectivity index (χ1) is 11.6. The lowest BCUT2D eigenvalue weighted by atomic mass is 10.0. The highest BCUT2D eigenvalue weighted by Crippen LogP contribution is 2.26. The normalized spacial score (nSPS) is 15.8. The minimum absolute atomic E-state index is 0.108. The first-order valence-electron chi connectivity index (χ1n) is 8.38. The van der Waals surface area contributed by atoms with E-state index in [-0.39, 0.29) is 17.6 Å². The number of allylic oxidation sites excluding steroid dienone is 1. The van der Waals surface area contributed by atoms with Gasteiger partial charge < -0.3 is 9.88 Å². The number of carbonyl (C=O) groups excluding carboxylic acids is 1. The Morgan fingerprint density at radius 1 is 1.38 bits per heavy atom. The Morgan fingerprint density at radius 3 is 2.83 bits per heavy atom. The van der Waals surface area contributed by atoms with E-state index in [1.165, 1.54) is 0 Å². The van der Waals surface area contributed by atoms with E-state index in [4.69, 9.17) is 11.6 Å². The van der Waals surface area contributed by atoms with Crippen LogP contribution in [-0.2, 0) is 4.79 Å². The zero-order valence-corrected chi connectivity index (χ0v) is 14.4. The van der Waals surface area contributed by atoms with E-state index in [1.807, 2.05) is 21.6 Å². The third-order valence-corrected chi connectivity index (χ3v) is 4.89. The van der Waals surface area contributed by atoms with Gasteiger partial charge in [-0.05, 0) is 43.9 Å². The van der Waals surface area contributed by atoms with Crippen molar-refractivity contribution < 1.29 is 4.79 Å². The van der Waals surface area contributed by atoms with Crippen LogP contribution in [0.3, 0.4) is 0 Å². The number of aromatic nitrogens is 2. The fourth-order valence-corrected chi connectivity index (χ4v) is 3.57. The van der Waals surface area contributed by atoms with Gasteiger partial charge in [0.15, 0.2) is 0 Å². The molecular weight excluding hydrogens is 326 g/mol. The molecular formula is C18H22ClN3O2. The fraction of sp³-hybridized carbons (Fsp3) is 0.444. The molecule has 1 aliphatic rings. The van der Waals surface area contributed by atoms with Gasteiger partial charge in [-0.2, -0.15) is 0 Å². The third-order valence-electron chi connectivity index (χ3n) is 4.66. The average molecular weight is 348 g/mol. The second-order valence-electron chi connectivity index (χ2n) is 6.25. The van der Waals surface area contributed by atoms with Crippen molar-refractivity contribution in [2.45, 2.75) is 38.1 Å². The van der Waals surface area contributed by atoms with Gasteiger partial charge in [-0.15, -0.1) is 6.58 Å².